The summed E-state index contributed by atoms with van der Waals surface area (Å²) in [6.07, 6.45) is 6.92. The van der Waals surface area contributed by atoms with Crippen molar-refractivity contribution in [3.05, 3.63) is 83.8 Å². The SMILES string of the molecule is C=Cc1c2[n-]c(c1C)/C=C1\[N-][C@H](C3=c4[n-]/c(c(C)c4C(=O)[C@@H]3C(=O)OC)=C\c3[n-]c(/c(=C\O)c3[C@H](C)O)=C\2)[C@@H](CCC(=O)O)[C@@H]1C.[Mg+2]. The number of Topliss-reactive ketones (excluding diaryl/α,β-unsaturated/α-hetero) is 1. The zero-order chi connectivity index (χ0) is 33.2. The van der Waals surface area contributed by atoms with Crippen LogP contribution >= 0.6 is 0 Å². The molecule has 6 rings (SSSR count). The van der Waals surface area contributed by atoms with Gasteiger partial charge in [0, 0.05) is 12.0 Å². The molecule has 47 heavy (non-hydrogen) atoms. The third-order valence-electron chi connectivity index (χ3n) is 9.54. The van der Waals surface area contributed by atoms with Gasteiger partial charge in [0.1, 0.15) is 5.92 Å². The molecule has 240 valence electrons. The van der Waals surface area contributed by atoms with E-state index in [0.29, 0.717) is 60.7 Å². The predicted molar refractivity (Wildman–Crippen MR) is 176 cm³/mol. The minimum Gasteiger partial charge on any atom is -0.681 e. The number of aromatic nitrogens is 3. The van der Waals surface area contributed by atoms with Gasteiger partial charge in [0.05, 0.1) is 19.5 Å². The Hall–Kier alpha value is -4.26. The van der Waals surface area contributed by atoms with E-state index in [0.717, 1.165) is 17.4 Å². The maximum atomic E-state index is 14.0. The molecule has 12 heteroatoms. The molecule has 3 N–H and O–H groups in total. The smallest absolute Gasteiger partial charge is 0.681 e. The number of carbonyl (C=O) groups is 3. The fraction of sp³-hybridized carbons (Fsp3) is 0.343. The van der Waals surface area contributed by atoms with E-state index in [4.69, 9.17) is 25.0 Å². The number of rotatable bonds is 6. The second kappa shape index (κ2) is 12.7. The van der Waals surface area contributed by atoms with Crippen LogP contribution in [0.25, 0.3) is 41.5 Å². The standard InChI is InChI=1S/C35H34N4O7.Mg/c1-7-18-14(2)21-10-22-15(3)19(8-9-27(42)43)32(38-22)30-31(35(45)46-6)34(44)28-16(4)23(39-33(28)30)11-26-29(17(5)41)20(13-40)25(37-26)12-24(18)36-21;/h7,10-13,15,17,19,31-32,41H,1,8-9H2,2-6H3,(H,40,44)(H,42,43);/q-4;+2/b22-10-,25-12-;/t15-,17-,19-,31+,32-;/m0./s1. The van der Waals surface area contributed by atoms with Gasteiger partial charge >= 0.3 is 35.0 Å². The first-order valence-electron chi connectivity index (χ1n) is 15.1. The molecule has 1 aliphatic carbocycles. The van der Waals surface area contributed by atoms with Gasteiger partial charge in [-0.15, -0.1) is 33.1 Å². The van der Waals surface area contributed by atoms with Crippen LogP contribution in [0.15, 0.2) is 12.3 Å². The van der Waals surface area contributed by atoms with Crippen molar-refractivity contribution in [1.82, 2.24) is 15.0 Å². The van der Waals surface area contributed by atoms with Crippen LogP contribution in [0.5, 0.6) is 0 Å². The number of fused-ring (bicyclic) bond motifs is 8. The molecule has 11 nitrogen and oxygen atoms in total. The molecule has 2 aliphatic heterocycles. The van der Waals surface area contributed by atoms with Crippen LogP contribution in [0.4, 0.5) is 0 Å². The second-order valence-corrected chi connectivity index (χ2v) is 12.1. The third kappa shape index (κ3) is 5.37. The fourth-order valence-electron chi connectivity index (χ4n) is 7.17. The molecule has 1 fully saturated rings. The molecular formula is C35H34MgN4O7-2. The zero-order valence-corrected chi connectivity index (χ0v) is 28.3. The van der Waals surface area contributed by atoms with Gasteiger partial charge in [0.2, 0.25) is 0 Å². The van der Waals surface area contributed by atoms with E-state index < -0.39 is 35.8 Å². The average Bonchev–Trinajstić information content (AvgIpc) is 3.76. The van der Waals surface area contributed by atoms with Gasteiger partial charge in [0.15, 0.2) is 5.78 Å². The van der Waals surface area contributed by atoms with Crippen LogP contribution in [0.1, 0.15) is 82.5 Å². The normalized spacial score (nSPS) is 24.6. The molecule has 8 bridgehead atoms. The molecule has 0 unspecified atom stereocenters. The first-order chi connectivity index (χ1) is 21.9. The number of ketones is 1. The topological polar surface area (TPSA) is 178 Å². The number of aliphatic hydroxyl groups excluding tert-OH is 2. The Labute approximate surface area is 286 Å². The predicted octanol–water partition coefficient (Wildman–Crippen LogP) is 0.808. The van der Waals surface area contributed by atoms with Crippen molar-refractivity contribution in [1.29, 1.82) is 0 Å². The molecule has 0 spiro atoms. The summed E-state index contributed by atoms with van der Waals surface area (Å²) in [7, 11) is 1.22. The Bertz CT molecular complexity index is 2110. The summed E-state index contributed by atoms with van der Waals surface area (Å²) in [6.45, 7) is 11.1. The molecule has 3 aliphatic rings. The molecule has 0 saturated carbocycles. The first-order valence-corrected chi connectivity index (χ1v) is 15.1. The van der Waals surface area contributed by atoms with Crippen molar-refractivity contribution in [2.24, 2.45) is 17.8 Å². The van der Waals surface area contributed by atoms with Crippen molar-refractivity contribution in [2.45, 2.75) is 52.7 Å². The molecule has 0 aromatic carbocycles. The Morgan fingerprint density at radius 3 is 2.38 bits per heavy atom. The van der Waals surface area contributed by atoms with Crippen LogP contribution < -0.4 is 36.2 Å². The number of hydrogen-bond donors (Lipinski definition) is 3. The number of aliphatic hydroxyl groups is 2. The number of esters is 1. The molecule has 0 radical (unpaired) electrons. The van der Waals surface area contributed by atoms with E-state index in [1.165, 1.54) is 7.11 Å². The summed E-state index contributed by atoms with van der Waals surface area (Å²) in [5.74, 6) is -4.03. The van der Waals surface area contributed by atoms with E-state index in [9.17, 15) is 29.7 Å². The quantitative estimate of drug-likeness (QED) is 0.197. The van der Waals surface area contributed by atoms with Crippen LogP contribution in [0, 0.1) is 31.6 Å². The number of ether oxygens (including phenoxy) is 1. The van der Waals surface area contributed by atoms with Crippen molar-refractivity contribution in [3.63, 3.8) is 0 Å². The summed E-state index contributed by atoms with van der Waals surface area (Å²) < 4.78 is 5.10. The van der Waals surface area contributed by atoms with E-state index in [1.807, 2.05) is 19.9 Å². The molecule has 5 heterocycles. The van der Waals surface area contributed by atoms with Gasteiger partial charge < -0.3 is 40.3 Å². The van der Waals surface area contributed by atoms with Gasteiger partial charge in [-0.05, 0) is 55.4 Å². The van der Waals surface area contributed by atoms with Gasteiger partial charge in [-0.1, -0.05) is 60.5 Å². The first kappa shape index (κ1) is 34.1. The second-order valence-electron chi connectivity index (χ2n) is 12.1. The van der Waals surface area contributed by atoms with Crippen LogP contribution in [0.3, 0.4) is 0 Å². The maximum Gasteiger partial charge on any atom is 2.00 e. The molecule has 1 saturated heterocycles. The number of hydrogen-bond acceptors (Lipinski definition) is 6. The van der Waals surface area contributed by atoms with Crippen molar-refractivity contribution in [2.75, 3.05) is 7.11 Å². The van der Waals surface area contributed by atoms with Crippen LogP contribution in [-0.4, -0.2) is 69.2 Å². The number of carboxylic acids is 1. The Morgan fingerprint density at radius 2 is 1.77 bits per heavy atom. The van der Waals surface area contributed by atoms with E-state index >= 15 is 0 Å². The molecule has 0 amide bonds. The number of aliphatic carboxylic acids is 1. The Balaban J connectivity index is 0.00000433. The van der Waals surface area contributed by atoms with Gasteiger partial charge in [-0.2, -0.15) is 5.70 Å². The Kier molecular flexibility index (Phi) is 9.24. The fourth-order valence-corrected chi connectivity index (χ4v) is 7.17. The van der Waals surface area contributed by atoms with E-state index in [-0.39, 0.29) is 53.3 Å². The van der Waals surface area contributed by atoms with Crippen LogP contribution in [-0.2, 0) is 14.3 Å². The monoisotopic (exact) mass is 646 g/mol. The summed E-state index contributed by atoms with van der Waals surface area (Å²) in [5.41, 5.74) is 5.28. The van der Waals surface area contributed by atoms with Gasteiger partial charge in [0.25, 0.3) is 0 Å². The largest absolute Gasteiger partial charge is 2.00 e. The molecule has 3 aromatic rings. The molecule has 5 atom stereocenters. The van der Waals surface area contributed by atoms with Crippen molar-refractivity contribution in [3.8, 4) is 0 Å². The minimum atomic E-state index is -1.28. The summed E-state index contributed by atoms with van der Waals surface area (Å²) in [5, 5.41) is 37.2. The molecule has 3 aromatic heterocycles. The molecular weight excluding hydrogens is 613 g/mol. The van der Waals surface area contributed by atoms with Gasteiger partial charge in [-0.3, -0.25) is 14.4 Å². The Morgan fingerprint density at radius 1 is 1.06 bits per heavy atom. The summed E-state index contributed by atoms with van der Waals surface area (Å²) >= 11 is 0. The summed E-state index contributed by atoms with van der Waals surface area (Å²) in [6, 6.07) is -0.725. The van der Waals surface area contributed by atoms with E-state index in [2.05, 4.69) is 6.58 Å². The third-order valence-corrected chi connectivity index (χ3v) is 9.54. The maximum absolute atomic E-state index is 14.0. The van der Waals surface area contributed by atoms with Crippen LogP contribution in [0.2, 0.25) is 0 Å². The van der Waals surface area contributed by atoms with Crippen molar-refractivity contribution >= 4 is 76.9 Å². The number of nitrogens with zero attached hydrogens (tertiary/aromatic N) is 4. The zero-order valence-electron chi connectivity index (χ0n) is 26.9. The van der Waals surface area contributed by atoms with Gasteiger partial charge in [-0.25, -0.2) is 0 Å². The number of allylic oxidation sites excluding steroid dienone is 1. The van der Waals surface area contributed by atoms with E-state index in [1.54, 1.807) is 32.1 Å². The minimum absolute atomic E-state index is 0. The average molecular weight is 647 g/mol. The summed E-state index contributed by atoms with van der Waals surface area (Å²) in [4.78, 5) is 53.4. The number of carbonyl (C=O) groups excluding carboxylic acids is 2. The number of carboxylic acid groups (broad SMARTS) is 1. The number of methoxy groups -OCH3 is 1. The van der Waals surface area contributed by atoms with Crippen molar-refractivity contribution < 1.29 is 34.4 Å².